The quantitative estimate of drug-likeness (QED) is 0.516. The predicted molar refractivity (Wildman–Crippen MR) is 66.6 cm³/mol. The topological polar surface area (TPSA) is 27.7 Å². The zero-order valence-corrected chi connectivity index (χ0v) is 11.3. The van der Waals surface area contributed by atoms with E-state index in [1.54, 1.807) is 0 Å². The maximum Gasteiger partial charge on any atom is 0.460 e. The Kier molecular flexibility index (Phi) is 4.83. The molecule has 94 valence electrons. The fourth-order valence-corrected chi connectivity index (χ4v) is 1.61. The van der Waals surface area contributed by atoms with Gasteiger partial charge in [-0.05, 0) is 34.1 Å². The highest BCUT2D eigenvalue weighted by Gasteiger charge is 2.50. The maximum atomic E-state index is 5.87. The minimum Gasteiger partial charge on any atom is -0.403 e. The highest BCUT2D eigenvalue weighted by Crippen LogP contribution is 2.37. The second-order valence-corrected chi connectivity index (χ2v) is 5.44. The lowest BCUT2D eigenvalue weighted by Crippen LogP contribution is -2.41. The number of hydrogen-bond acceptors (Lipinski definition) is 3. The zero-order chi connectivity index (χ0) is 12.2. The van der Waals surface area contributed by atoms with E-state index in [1.165, 1.54) is 6.42 Å². The van der Waals surface area contributed by atoms with Gasteiger partial charge in [0.25, 0.3) is 0 Å². The summed E-state index contributed by atoms with van der Waals surface area (Å²) in [7, 11) is -0.119. The zero-order valence-electron chi connectivity index (χ0n) is 11.3. The van der Waals surface area contributed by atoms with Gasteiger partial charge < -0.3 is 14.0 Å². The molecule has 0 radical (unpaired) electrons. The SMILES string of the molecule is CCCCOCCB1OC(C)(C)C(C)(C)O1. The molecule has 16 heavy (non-hydrogen) atoms. The molecule has 1 rings (SSSR count). The first-order chi connectivity index (χ1) is 7.39. The first-order valence-electron chi connectivity index (χ1n) is 6.32. The predicted octanol–water partition coefficient (Wildman–Crippen LogP) is 2.90. The number of ether oxygens (including phenoxy) is 1. The fourth-order valence-electron chi connectivity index (χ4n) is 1.61. The average molecular weight is 228 g/mol. The van der Waals surface area contributed by atoms with E-state index >= 15 is 0 Å². The van der Waals surface area contributed by atoms with Crippen molar-refractivity contribution in [2.75, 3.05) is 13.2 Å². The van der Waals surface area contributed by atoms with Gasteiger partial charge in [-0.15, -0.1) is 0 Å². The molecule has 0 aromatic heterocycles. The third kappa shape index (κ3) is 3.47. The van der Waals surface area contributed by atoms with Crippen LogP contribution in [0, 0.1) is 0 Å². The largest absolute Gasteiger partial charge is 0.460 e. The average Bonchev–Trinajstić information content (AvgIpc) is 2.35. The maximum absolute atomic E-state index is 5.87. The van der Waals surface area contributed by atoms with Crippen LogP contribution in [0.4, 0.5) is 0 Å². The molecule has 4 heteroatoms. The molecule has 0 N–H and O–H groups in total. The number of hydrogen-bond donors (Lipinski definition) is 0. The molecule has 0 aliphatic carbocycles. The normalized spacial score (nSPS) is 22.7. The Bertz CT molecular complexity index is 200. The molecule has 0 aromatic rings. The van der Waals surface area contributed by atoms with Crippen LogP contribution in [0.25, 0.3) is 0 Å². The smallest absolute Gasteiger partial charge is 0.403 e. The Morgan fingerprint density at radius 1 is 1.00 bits per heavy atom. The first-order valence-corrected chi connectivity index (χ1v) is 6.32. The van der Waals surface area contributed by atoms with Crippen molar-refractivity contribution in [1.29, 1.82) is 0 Å². The van der Waals surface area contributed by atoms with Gasteiger partial charge in [0, 0.05) is 19.5 Å². The molecular weight excluding hydrogens is 203 g/mol. The Labute approximate surface area is 100.0 Å². The Hall–Kier alpha value is -0.0551. The summed E-state index contributed by atoms with van der Waals surface area (Å²) in [5.74, 6) is 0. The standard InChI is InChI=1S/C12H25BO3/c1-6-7-9-14-10-8-13-15-11(2,3)12(4,5)16-13/h6-10H2,1-5H3. The van der Waals surface area contributed by atoms with Crippen LogP contribution in [0.3, 0.4) is 0 Å². The van der Waals surface area contributed by atoms with Crippen LogP contribution in [-0.2, 0) is 14.0 Å². The van der Waals surface area contributed by atoms with Gasteiger partial charge in [-0.2, -0.15) is 0 Å². The Morgan fingerprint density at radius 2 is 1.56 bits per heavy atom. The Balaban J connectivity index is 2.21. The molecule has 0 atom stereocenters. The highest BCUT2D eigenvalue weighted by atomic mass is 16.7. The van der Waals surface area contributed by atoms with Gasteiger partial charge in [0.05, 0.1) is 11.2 Å². The molecule has 0 bridgehead atoms. The monoisotopic (exact) mass is 228 g/mol. The van der Waals surface area contributed by atoms with Crippen molar-refractivity contribution < 1.29 is 14.0 Å². The third-order valence-corrected chi connectivity index (χ3v) is 3.44. The van der Waals surface area contributed by atoms with Crippen molar-refractivity contribution in [3.8, 4) is 0 Å². The van der Waals surface area contributed by atoms with Crippen molar-refractivity contribution in [3.63, 3.8) is 0 Å². The van der Waals surface area contributed by atoms with Gasteiger partial charge in [0.2, 0.25) is 0 Å². The van der Waals surface area contributed by atoms with Crippen LogP contribution < -0.4 is 0 Å². The van der Waals surface area contributed by atoms with Crippen molar-refractivity contribution >= 4 is 7.12 Å². The van der Waals surface area contributed by atoms with E-state index in [-0.39, 0.29) is 18.3 Å². The van der Waals surface area contributed by atoms with Crippen molar-refractivity contribution in [1.82, 2.24) is 0 Å². The minimum absolute atomic E-state index is 0.119. The summed E-state index contributed by atoms with van der Waals surface area (Å²) >= 11 is 0. The second kappa shape index (κ2) is 5.52. The molecule has 1 aliphatic heterocycles. The second-order valence-electron chi connectivity index (χ2n) is 5.44. The number of rotatable bonds is 6. The van der Waals surface area contributed by atoms with Crippen LogP contribution in [-0.4, -0.2) is 31.5 Å². The third-order valence-electron chi connectivity index (χ3n) is 3.44. The molecule has 1 heterocycles. The van der Waals surface area contributed by atoms with Crippen molar-refractivity contribution in [2.45, 2.75) is 65.0 Å². The summed E-state index contributed by atoms with van der Waals surface area (Å²) < 4.78 is 17.2. The molecule has 1 fully saturated rings. The molecule has 3 nitrogen and oxygen atoms in total. The molecule has 1 aliphatic rings. The lowest BCUT2D eigenvalue weighted by Gasteiger charge is -2.32. The fraction of sp³-hybridized carbons (Fsp3) is 1.00. The van der Waals surface area contributed by atoms with E-state index < -0.39 is 0 Å². The summed E-state index contributed by atoms with van der Waals surface area (Å²) in [6.07, 6.45) is 3.12. The Morgan fingerprint density at radius 3 is 2.06 bits per heavy atom. The van der Waals surface area contributed by atoms with E-state index in [2.05, 4.69) is 34.6 Å². The molecule has 0 spiro atoms. The lowest BCUT2D eigenvalue weighted by molar-refractivity contribution is 0.00578. The van der Waals surface area contributed by atoms with Crippen LogP contribution >= 0.6 is 0 Å². The van der Waals surface area contributed by atoms with E-state index in [0.717, 1.165) is 26.0 Å². The van der Waals surface area contributed by atoms with E-state index in [9.17, 15) is 0 Å². The van der Waals surface area contributed by atoms with E-state index in [1.807, 2.05) is 0 Å². The van der Waals surface area contributed by atoms with Gasteiger partial charge in [0.1, 0.15) is 0 Å². The van der Waals surface area contributed by atoms with Crippen LogP contribution in [0.2, 0.25) is 6.32 Å². The summed E-state index contributed by atoms with van der Waals surface area (Å²) in [4.78, 5) is 0. The van der Waals surface area contributed by atoms with Crippen LogP contribution in [0.1, 0.15) is 47.5 Å². The highest BCUT2D eigenvalue weighted by molar-refractivity contribution is 6.45. The molecule has 1 saturated heterocycles. The van der Waals surface area contributed by atoms with Crippen LogP contribution in [0.5, 0.6) is 0 Å². The van der Waals surface area contributed by atoms with Crippen molar-refractivity contribution in [2.24, 2.45) is 0 Å². The summed E-state index contributed by atoms with van der Waals surface area (Å²) in [6.45, 7) is 12.0. The molecule has 0 aromatic carbocycles. The first kappa shape index (κ1) is 14.0. The van der Waals surface area contributed by atoms with E-state index in [4.69, 9.17) is 14.0 Å². The van der Waals surface area contributed by atoms with Gasteiger partial charge in [0.15, 0.2) is 0 Å². The minimum atomic E-state index is -0.221. The lowest BCUT2D eigenvalue weighted by atomic mass is 9.86. The van der Waals surface area contributed by atoms with Crippen molar-refractivity contribution in [3.05, 3.63) is 0 Å². The molecular formula is C12H25BO3. The molecule has 0 saturated carbocycles. The summed E-state index contributed by atoms with van der Waals surface area (Å²) in [5, 5.41) is 0. The molecule has 0 amide bonds. The van der Waals surface area contributed by atoms with Gasteiger partial charge in [-0.25, -0.2) is 0 Å². The van der Waals surface area contributed by atoms with E-state index in [0.29, 0.717) is 0 Å². The van der Waals surface area contributed by atoms with Gasteiger partial charge in [-0.3, -0.25) is 0 Å². The number of unbranched alkanes of at least 4 members (excludes halogenated alkanes) is 1. The van der Waals surface area contributed by atoms with Gasteiger partial charge >= 0.3 is 7.12 Å². The van der Waals surface area contributed by atoms with Crippen LogP contribution in [0.15, 0.2) is 0 Å². The molecule has 0 unspecified atom stereocenters. The summed E-state index contributed by atoms with van der Waals surface area (Å²) in [5.41, 5.74) is -0.442. The van der Waals surface area contributed by atoms with Gasteiger partial charge in [-0.1, -0.05) is 13.3 Å². The summed E-state index contributed by atoms with van der Waals surface area (Å²) in [6, 6.07) is 0.